The number of anilines is 1. The summed E-state index contributed by atoms with van der Waals surface area (Å²) in [5.41, 5.74) is 1.84. The van der Waals surface area contributed by atoms with Gasteiger partial charge in [0.2, 0.25) is 0 Å². The number of non-ortho nitro benzene ring substituents is 1. The van der Waals surface area contributed by atoms with E-state index in [0.29, 0.717) is 17.2 Å². The lowest BCUT2D eigenvalue weighted by atomic mass is 10.1. The Kier molecular flexibility index (Phi) is 6.45. The van der Waals surface area contributed by atoms with Gasteiger partial charge in [-0.1, -0.05) is 35.9 Å². The fourth-order valence-electron chi connectivity index (χ4n) is 3.04. The Balaban J connectivity index is 2.14. The molecule has 0 aliphatic heterocycles. The number of hydrogen-bond acceptors (Lipinski definition) is 6. The van der Waals surface area contributed by atoms with Crippen LogP contribution in [0.15, 0.2) is 71.6 Å². The second-order valence-corrected chi connectivity index (χ2v) is 8.65. The largest absolute Gasteiger partial charge is 0.493 e. The summed E-state index contributed by atoms with van der Waals surface area (Å²) < 4.78 is 38.9. The van der Waals surface area contributed by atoms with Crippen molar-refractivity contribution in [1.29, 1.82) is 0 Å². The summed E-state index contributed by atoms with van der Waals surface area (Å²) in [6.07, 6.45) is 0. The van der Waals surface area contributed by atoms with Crippen LogP contribution in [0.4, 0.5) is 11.4 Å². The zero-order valence-electron chi connectivity index (χ0n) is 17.3. The van der Waals surface area contributed by atoms with E-state index in [-0.39, 0.29) is 17.1 Å². The van der Waals surface area contributed by atoms with Gasteiger partial charge in [-0.15, -0.1) is 0 Å². The number of benzene rings is 3. The third-order valence-electron chi connectivity index (χ3n) is 4.72. The zero-order valence-corrected chi connectivity index (χ0v) is 18.1. The monoisotopic (exact) mass is 442 g/mol. The highest BCUT2D eigenvalue weighted by molar-refractivity contribution is 7.92. The van der Waals surface area contributed by atoms with Crippen molar-refractivity contribution in [3.05, 3.63) is 88.0 Å². The highest BCUT2D eigenvalue weighted by Crippen LogP contribution is 2.35. The molecule has 3 rings (SSSR count). The minimum Gasteiger partial charge on any atom is -0.493 e. The van der Waals surface area contributed by atoms with Crippen molar-refractivity contribution in [3.63, 3.8) is 0 Å². The highest BCUT2D eigenvalue weighted by atomic mass is 32.2. The van der Waals surface area contributed by atoms with Crippen LogP contribution in [-0.2, 0) is 16.6 Å². The van der Waals surface area contributed by atoms with Crippen LogP contribution in [0, 0.1) is 17.0 Å². The van der Waals surface area contributed by atoms with Crippen LogP contribution >= 0.6 is 0 Å². The molecule has 31 heavy (non-hydrogen) atoms. The maximum absolute atomic E-state index is 13.6. The van der Waals surface area contributed by atoms with Crippen LogP contribution in [-0.4, -0.2) is 27.6 Å². The van der Waals surface area contributed by atoms with E-state index in [4.69, 9.17) is 9.47 Å². The molecule has 0 fully saturated rings. The first-order chi connectivity index (χ1) is 14.8. The lowest BCUT2D eigenvalue weighted by Gasteiger charge is -2.25. The summed E-state index contributed by atoms with van der Waals surface area (Å²) >= 11 is 0. The Bertz CT molecular complexity index is 1190. The topological polar surface area (TPSA) is 99.0 Å². The molecular weight excluding hydrogens is 420 g/mol. The smallest absolute Gasteiger partial charge is 0.270 e. The molecule has 0 bridgehead atoms. The zero-order chi connectivity index (χ0) is 22.6. The summed E-state index contributed by atoms with van der Waals surface area (Å²) in [6, 6.07) is 17.2. The molecule has 0 radical (unpaired) electrons. The molecule has 3 aromatic rings. The Labute approximate surface area is 180 Å². The molecule has 0 spiro atoms. The second kappa shape index (κ2) is 9.05. The predicted molar refractivity (Wildman–Crippen MR) is 117 cm³/mol. The van der Waals surface area contributed by atoms with Gasteiger partial charge in [0, 0.05) is 18.2 Å². The van der Waals surface area contributed by atoms with Gasteiger partial charge in [-0.25, -0.2) is 8.42 Å². The van der Waals surface area contributed by atoms with E-state index in [9.17, 15) is 18.5 Å². The van der Waals surface area contributed by atoms with Crippen LogP contribution in [0.25, 0.3) is 0 Å². The van der Waals surface area contributed by atoms with Gasteiger partial charge in [-0.05, 0) is 30.7 Å². The van der Waals surface area contributed by atoms with E-state index in [0.717, 1.165) is 17.2 Å². The molecule has 0 aliphatic rings. The lowest BCUT2D eigenvalue weighted by Crippen LogP contribution is -2.30. The molecule has 0 amide bonds. The number of nitrogens with zero attached hydrogens (tertiary/aromatic N) is 2. The number of sulfonamides is 1. The molecule has 9 heteroatoms. The number of methoxy groups -OCH3 is 2. The van der Waals surface area contributed by atoms with E-state index in [1.54, 1.807) is 18.2 Å². The minimum atomic E-state index is -4.13. The first kappa shape index (κ1) is 22.1. The first-order valence-corrected chi connectivity index (χ1v) is 10.7. The Morgan fingerprint density at radius 1 is 0.935 bits per heavy atom. The van der Waals surface area contributed by atoms with Crippen molar-refractivity contribution in [2.24, 2.45) is 0 Å². The second-order valence-electron chi connectivity index (χ2n) is 6.79. The fourth-order valence-corrected chi connectivity index (χ4v) is 4.52. The van der Waals surface area contributed by atoms with E-state index in [1.807, 2.05) is 31.2 Å². The summed E-state index contributed by atoms with van der Waals surface area (Å²) in [5.74, 6) is 0.817. The maximum Gasteiger partial charge on any atom is 0.270 e. The number of nitro benzene ring substituents is 1. The van der Waals surface area contributed by atoms with E-state index in [1.165, 1.54) is 36.7 Å². The summed E-state index contributed by atoms with van der Waals surface area (Å²) in [5, 5.41) is 11.2. The molecule has 162 valence electrons. The van der Waals surface area contributed by atoms with Crippen molar-refractivity contribution in [2.75, 3.05) is 18.5 Å². The van der Waals surface area contributed by atoms with Crippen molar-refractivity contribution >= 4 is 21.4 Å². The number of nitro groups is 1. The van der Waals surface area contributed by atoms with Gasteiger partial charge in [0.25, 0.3) is 15.7 Å². The van der Waals surface area contributed by atoms with Gasteiger partial charge in [0.05, 0.1) is 36.3 Å². The molecule has 0 N–H and O–H groups in total. The summed E-state index contributed by atoms with van der Waals surface area (Å²) in [6.45, 7) is 1.97. The number of ether oxygens (including phenoxy) is 2. The maximum atomic E-state index is 13.6. The average molecular weight is 442 g/mol. The number of rotatable bonds is 8. The Morgan fingerprint density at radius 3 is 2.23 bits per heavy atom. The standard InChI is InChI=1S/C22H22N2O6S/c1-16-7-9-17(10-8-16)15-23(18-11-12-21(29-2)22(14-18)30-3)31(27,28)20-6-4-5-19(13-20)24(25)26/h4-14H,15H2,1-3H3. The molecule has 0 saturated heterocycles. The molecule has 3 aromatic carbocycles. The molecule has 0 unspecified atom stereocenters. The molecule has 0 aliphatic carbocycles. The third kappa shape index (κ3) is 4.77. The van der Waals surface area contributed by atoms with Crippen LogP contribution in [0.5, 0.6) is 11.5 Å². The van der Waals surface area contributed by atoms with Crippen LogP contribution in [0.2, 0.25) is 0 Å². The molecule has 0 aromatic heterocycles. The SMILES string of the molecule is COc1ccc(N(Cc2ccc(C)cc2)S(=O)(=O)c2cccc([N+](=O)[O-])c2)cc1OC. The summed E-state index contributed by atoms with van der Waals surface area (Å²) in [4.78, 5) is 10.4. The van der Waals surface area contributed by atoms with Crippen LogP contribution in [0.3, 0.4) is 0 Å². The van der Waals surface area contributed by atoms with Gasteiger partial charge < -0.3 is 9.47 Å². The average Bonchev–Trinajstić information content (AvgIpc) is 2.78. The fraction of sp³-hybridized carbons (Fsp3) is 0.182. The van der Waals surface area contributed by atoms with Gasteiger partial charge in [0.1, 0.15) is 0 Å². The molecule has 0 heterocycles. The highest BCUT2D eigenvalue weighted by Gasteiger charge is 2.27. The van der Waals surface area contributed by atoms with E-state index < -0.39 is 14.9 Å². The van der Waals surface area contributed by atoms with Gasteiger partial charge >= 0.3 is 0 Å². The molecular formula is C22H22N2O6S. The number of hydrogen-bond donors (Lipinski definition) is 0. The lowest BCUT2D eigenvalue weighted by molar-refractivity contribution is -0.385. The Hall–Kier alpha value is -3.59. The van der Waals surface area contributed by atoms with Crippen molar-refractivity contribution in [2.45, 2.75) is 18.4 Å². The van der Waals surface area contributed by atoms with Gasteiger partial charge in [0.15, 0.2) is 11.5 Å². The quantitative estimate of drug-likeness (QED) is 0.381. The van der Waals surface area contributed by atoms with E-state index >= 15 is 0 Å². The normalized spacial score (nSPS) is 11.1. The predicted octanol–water partition coefficient (Wildman–Crippen LogP) is 4.32. The summed E-state index contributed by atoms with van der Waals surface area (Å²) in [7, 11) is -1.18. The van der Waals surface area contributed by atoms with Gasteiger partial charge in [-0.2, -0.15) is 0 Å². The Morgan fingerprint density at radius 2 is 1.61 bits per heavy atom. The molecule has 0 saturated carbocycles. The first-order valence-electron chi connectivity index (χ1n) is 9.31. The minimum absolute atomic E-state index is 0.0286. The van der Waals surface area contributed by atoms with E-state index in [2.05, 4.69) is 0 Å². The van der Waals surface area contributed by atoms with Crippen molar-refractivity contribution < 1.29 is 22.8 Å². The number of aryl methyl sites for hydroxylation is 1. The van der Waals surface area contributed by atoms with Crippen molar-refractivity contribution in [1.82, 2.24) is 0 Å². The van der Waals surface area contributed by atoms with Crippen LogP contribution < -0.4 is 13.8 Å². The third-order valence-corrected chi connectivity index (χ3v) is 6.49. The molecule has 0 atom stereocenters. The van der Waals surface area contributed by atoms with Gasteiger partial charge in [-0.3, -0.25) is 14.4 Å². The van der Waals surface area contributed by atoms with Crippen molar-refractivity contribution in [3.8, 4) is 11.5 Å². The van der Waals surface area contributed by atoms with Crippen LogP contribution in [0.1, 0.15) is 11.1 Å². The molecule has 8 nitrogen and oxygen atoms in total.